The molecule has 7 unspecified atom stereocenters. The van der Waals surface area contributed by atoms with Gasteiger partial charge in [0.05, 0.1) is 11.0 Å². The third-order valence-corrected chi connectivity index (χ3v) is 10.5. The lowest BCUT2D eigenvalue weighted by molar-refractivity contribution is -0.139. The second kappa shape index (κ2) is 6.09. The molecule has 0 radical (unpaired) electrons. The first-order valence-corrected chi connectivity index (χ1v) is 12.0. The molecule has 2 aromatic heterocycles. The number of rotatable bonds is 0. The van der Waals surface area contributed by atoms with Crippen LogP contribution in [0, 0.1) is 34.5 Å². The number of hydrogen-bond acceptors (Lipinski definition) is 4. The molecular formula is C25H33N3O3. The van der Waals surface area contributed by atoms with E-state index in [4.69, 9.17) is 4.98 Å². The summed E-state index contributed by atoms with van der Waals surface area (Å²) >= 11 is 0. The van der Waals surface area contributed by atoms with E-state index in [0.29, 0.717) is 34.7 Å². The standard InChI is InChI=1S/C25H33N3O3/c1-23-12-13-10-16-20(27-22(30)28-21(16)29)26-19(13)11-14(23)4-5-15-17(23)6-8-24(2)18(15)7-9-25(24,3)31/h10,14-15,17-18,31H,4-9,11-12H2,1-3H3,(H2,26,27,28,29,30). The summed E-state index contributed by atoms with van der Waals surface area (Å²) in [6.45, 7) is 6.89. The molecule has 31 heavy (non-hydrogen) atoms. The Labute approximate surface area is 181 Å². The Hall–Kier alpha value is -1.95. The van der Waals surface area contributed by atoms with Gasteiger partial charge in [0.15, 0.2) is 0 Å². The Morgan fingerprint density at radius 1 is 1.03 bits per heavy atom. The monoisotopic (exact) mass is 423 g/mol. The van der Waals surface area contributed by atoms with Crippen LogP contribution >= 0.6 is 0 Å². The van der Waals surface area contributed by atoms with Gasteiger partial charge in [0, 0.05) is 5.69 Å². The summed E-state index contributed by atoms with van der Waals surface area (Å²) in [6, 6.07) is 1.98. The van der Waals surface area contributed by atoms with Gasteiger partial charge in [-0.2, -0.15) is 0 Å². The van der Waals surface area contributed by atoms with Gasteiger partial charge in [-0.15, -0.1) is 0 Å². The molecule has 6 rings (SSSR count). The van der Waals surface area contributed by atoms with Gasteiger partial charge in [0.1, 0.15) is 5.65 Å². The van der Waals surface area contributed by atoms with Crippen molar-refractivity contribution in [1.29, 1.82) is 0 Å². The maximum absolute atomic E-state index is 12.4. The van der Waals surface area contributed by atoms with Gasteiger partial charge in [0.25, 0.3) is 5.56 Å². The van der Waals surface area contributed by atoms with E-state index in [9.17, 15) is 14.7 Å². The molecule has 0 amide bonds. The van der Waals surface area contributed by atoms with Crippen LogP contribution in [0.15, 0.2) is 15.7 Å². The van der Waals surface area contributed by atoms with Gasteiger partial charge in [0.2, 0.25) is 0 Å². The maximum Gasteiger partial charge on any atom is 0.327 e. The number of nitrogens with zero attached hydrogens (tertiary/aromatic N) is 1. The lowest BCUT2D eigenvalue weighted by atomic mass is 9.44. The molecule has 2 heterocycles. The quantitative estimate of drug-likeness (QED) is 0.605. The molecule has 0 aromatic carbocycles. The van der Waals surface area contributed by atoms with Crippen molar-refractivity contribution in [1.82, 2.24) is 15.0 Å². The third-order valence-electron chi connectivity index (χ3n) is 10.5. The molecule has 0 spiro atoms. The van der Waals surface area contributed by atoms with Gasteiger partial charge in [-0.05, 0) is 104 Å². The van der Waals surface area contributed by atoms with Crippen LogP contribution in [-0.2, 0) is 12.8 Å². The van der Waals surface area contributed by atoms with Crippen molar-refractivity contribution < 1.29 is 5.11 Å². The molecule has 6 nitrogen and oxygen atoms in total. The van der Waals surface area contributed by atoms with Crippen LogP contribution in [0.5, 0.6) is 0 Å². The molecule has 166 valence electrons. The van der Waals surface area contributed by atoms with E-state index in [0.717, 1.165) is 37.8 Å². The van der Waals surface area contributed by atoms with Crippen molar-refractivity contribution >= 4 is 11.0 Å². The summed E-state index contributed by atoms with van der Waals surface area (Å²) < 4.78 is 0. The topological polar surface area (TPSA) is 98.8 Å². The molecule has 4 aliphatic rings. The van der Waals surface area contributed by atoms with Gasteiger partial charge >= 0.3 is 5.69 Å². The number of H-pyrrole nitrogens is 2. The highest BCUT2D eigenvalue weighted by Crippen LogP contribution is 2.67. The number of aromatic nitrogens is 3. The number of aromatic amines is 2. The van der Waals surface area contributed by atoms with Crippen molar-refractivity contribution in [3.05, 3.63) is 38.2 Å². The van der Waals surface area contributed by atoms with Gasteiger partial charge in [-0.25, -0.2) is 9.78 Å². The molecule has 0 bridgehead atoms. The molecule has 7 atom stereocenters. The van der Waals surface area contributed by atoms with E-state index in [2.05, 4.69) is 30.7 Å². The average molecular weight is 424 g/mol. The minimum Gasteiger partial charge on any atom is -0.390 e. The van der Waals surface area contributed by atoms with Crippen molar-refractivity contribution in [2.24, 2.45) is 34.5 Å². The fourth-order valence-electron chi connectivity index (χ4n) is 8.53. The largest absolute Gasteiger partial charge is 0.390 e. The zero-order chi connectivity index (χ0) is 21.8. The summed E-state index contributed by atoms with van der Waals surface area (Å²) in [7, 11) is 0. The fraction of sp³-hybridized carbons (Fsp3) is 0.720. The minimum absolute atomic E-state index is 0.0425. The Morgan fingerprint density at radius 3 is 2.61 bits per heavy atom. The van der Waals surface area contributed by atoms with E-state index in [-0.39, 0.29) is 16.4 Å². The minimum atomic E-state index is -0.541. The first-order chi connectivity index (χ1) is 14.6. The predicted molar refractivity (Wildman–Crippen MR) is 119 cm³/mol. The molecule has 2 aromatic rings. The van der Waals surface area contributed by atoms with E-state index < -0.39 is 11.3 Å². The Kier molecular flexibility index (Phi) is 3.87. The van der Waals surface area contributed by atoms with E-state index >= 15 is 0 Å². The number of hydrogen-bond donors (Lipinski definition) is 3. The Morgan fingerprint density at radius 2 is 1.81 bits per heavy atom. The van der Waals surface area contributed by atoms with Gasteiger partial charge in [-0.3, -0.25) is 14.8 Å². The number of fused-ring (bicyclic) bond motifs is 7. The fourth-order valence-corrected chi connectivity index (χ4v) is 8.53. The van der Waals surface area contributed by atoms with Crippen LogP contribution < -0.4 is 11.2 Å². The lowest BCUT2D eigenvalue weighted by Gasteiger charge is -2.61. The van der Waals surface area contributed by atoms with Crippen LogP contribution in [0.3, 0.4) is 0 Å². The number of pyridine rings is 1. The van der Waals surface area contributed by atoms with Gasteiger partial charge in [-0.1, -0.05) is 13.8 Å². The zero-order valence-electron chi connectivity index (χ0n) is 18.8. The number of aliphatic hydroxyl groups is 1. The summed E-state index contributed by atoms with van der Waals surface area (Å²) in [5.41, 5.74) is 1.49. The molecule has 4 aliphatic carbocycles. The summed E-state index contributed by atoms with van der Waals surface area (Å²) in [4.78, 5) is 33.8. The van der Waals surface area contributed by atoms with E-state index in [1.165, 1.54) is 24.8 Å². The normalized spacial score (nSPS) is 43.7. The summed E-state index contributed by atoms with van der Waals surface area (Å²) in [5.74, 6) is 2.55. The molecule has 6 heteroatoms. The first-order valence-electron chi connectivity index (χ1n) is 12.0. The van der Waals surface area contributed by atoms with Crippen molar-refractivity contribution in [3.63, 3.8) is 0 Å². The summed E-state index contributed by atoms with van der Waals surface area (Å²) in [5, 5.41) is 11.6. The van der Waals surface area contributed by atoms with Crippen molar-refractivity contribution in [2.45, 2.75) is 77.7 Å². The van der Waals surface area contributed by atoms with Crippen LogP contribution in [0.25, 0.3) is 11.0 Å². The van der Waals surface area contributed by atoms with Crippen LogP contribution in [0.1, 0.15) is 70.6 Å². The number of nitrogens with one attached hydrogen (secondary N) is 2. The Bertz CT molecular complexity index is 1200. The highest BCUT2D eigenvalue weighted by atomic mass is 16.3. The molecular weight excluding hydrogens is 390 g/mol. The zero-order valence-corrected chi connectivity index (χ0v) is 18.8. The smallest absolute Gasteiger partial charge is 0.327 e. The maximum atomic E-state index is 12.4. The molecule has 0 aliphatic heterocycles. The van der Waals surface area contributed by atoms with Crippen LogP contribution in [0.2, 0.25) is 0 Å². The second-order valence-electron chi connectivity index (χ2n) is 11.7. The highest BCUT2D eigenvalue weighted by Gasteiger charge is 2.63. The second-order valence-corrected chi connectivity index (χ2v) is 11.7. The summed E-state index contributed by atoms with van der Waals surface area (Å²) in [6.07, 6.45) is 8.71. The van der Waals surface area contributed by atoms with Crippen molar-refractivity contribution in [2.75, 3.05) is 0 Å². The average Bonchev–Trinajstić information content (AvgIpc) is 2.94. The Balaban J connectivity index is 1.40. The molecule has 0 saturated heterocycles. The SMILES string of the molecule is CC12Cc3cc4c(=O)[nH]c(=O)[nH]c4nc3CC1CCC1C2CCC2(C)C1CCC2(C)O. The van der Waals surface area contributed by atoms with Crippen molar-refractivity contribution in [3.8, 4) is 0 Å². The molecule has 3 fully saturated rings. The third kappa shape index (κ3) is 2.51. The lowest BCUT2D eigenvalue weighted by Crippen LogP contribution is -2.56. The molecule has 3 N–H and O–H groups in total. The predicted octanol–water partition coefficient (Wildman–Crippen LogP) is 3.32. The highest BCUT2D eigenvalue weighted by molar-refractivity contribution is 5.74. The van der Waals surface area contributed by atoms with Gasteiger partial charge < -0.3 is 5.11 Å². The van der Waals surface area contributed by atoms with Crippen LogP contribution in [-0.4, -0.2) is 25.7 Å². The molecule has 3 saturated carbocycles. The van der Waals surface area contributed by atoms with Crippen LogP contribution in [0.4, 0.5) is 0 Å². The van der Waals surface area contributed by atoms with E-state index in [1.54, 1.807) is 0 Å². The van der Waals surface area contributed by atoms with E-state index in [1.807, 2.05) is 6.07 Å². The first kappa shape index (κ1) is 19.7.